The third kappa shape index (κ3) is 4.47. The van der Waals surface area contributed by atoms with E-state index in [1.165, 1.54) is 46.6 Å². The van der Waals surface area contributed by atoms with Crippen LogP contribution < -0.4 is 14.2 Å². The molecule has 21 heavy (non-hydrogen) atoms. The predicted molar refractivity (Wildman–Crippen MR) is 83.6 cm³/mol. The van der Waals surface area contributed by atoms with E-state index in [4.69, 9.17) is 0 Å². The standard InChI is InChI=1S/C13H12BF2NO2S2/c1-7-6-10(20-11(7)14)21-17-12(18)8-2-4-9(5-3-8)19-13(15)16/h2-6,13H,14H2,1H3,(H,17,18). The molecule has 0 radical (unpaired) electrons. The quantitative estimate of drug-likeness (QED) is 0.677. The van der Waals surface area contributed by atoms with Gasteiger partial charge < -0.3 is 4.74 Å². The zero-order valence-electron chi connectivity index (χ0n) is 11.4. The fraction of sp³-hybridized carbons (Fsp3) is 0.154. The van der Waals surface area contributed by atoms with E-state index in [9.17, 15) is 13.6 Å². The fourth-order valence-corrected chi connectivity index (χ4v) is 3.50. The topological polar surface area (TPSA) is 38.3 Å². The van der Waals surface area contributed by atoms with Crippen LogP contribution in [0.15, 0.2) is 34.5 Å². The molecule has 3 nitrogen and oxygen atoms in total. The number of halogens is 2. The van der Waals surface area contributed by atoms with Crippen molar-refractivity contribution in [3.63, 3.8) is 0 Å². The summed E-state index contributed by atoms with van der Waals surface area (Å²) < 4.78 is 33.2. The highest BCUT2D eigenvalue weighted by Crippen LogP contribution is 2.22. The van der Waals surface area contributed by atoms with E-state index >= 15 is 0 Å². The Kier molecular flexibility index (Phi) is 5.25. The summed E-state index contributed by atoms with van der Waals surface area (Å²) in [4.78, 5) is 11.9. The van der Waals surface area contributed by atoms with Crippen molar-refractivity contribution in [2.24, 2.45) is 0 Å². The van der Waals surface area contributed by atoms with Crippen molar-refractivity contribution in [3.05, 3.63) is 41.5 Å². The Morgan fingerprint density at radius 1 is 1.38 bits per heavy atom. The number of alkyl halides is 2. The second kappa shape index (κ2) is 6.95. The van der Waals surface area contributed by atoms with Crippen LogP contribution in [-0.4, -0.2) is 20.4 Å². The monoisotopic (exact) mass is 327 g/mol. The number of ether oxygens (including phenoxy) is 1. The average Bonchev–Trinajstić information content (AvgIpc) is 2.75. The normalized spacial score (nSPS) is 10.7. The summed E-state index contributed by atoms with van der Waals surface area (Å²) in [6.45, 7) is -0.857. The van der Waals surface area contributed by atoms with Gasteiger partial charge in [0.1, 0.15) is 5.75 Å². The Bertz CT molecular complexity index is 612. The number of carbonyl (C=O) groups is 1. The fourth-order valence-electron chi connectivity index (χ4n) is 1.53. The van der Waals surface area contributed by atoms with Gasteiger partial charge in [-0.15, -0.1) is 11.3 Å². The van der Waals surface area contributed by atoms with Crippen LogP contribution >= 0.6 is 23.3 Å². The summed E-state index contributed by atoms with van der Waals surface area (Å²) in [5.74, 6) is -0.258. The summed E-state index contributed by atoms with van der Waals surface area (Å²) in [5.41, 5.74) is 1.57. The maximum absolute atomic E-state index is 12.0. The van der Waals surface area contributed by atoms with E-state index < -0.39 is 6.61 Å². The lowest BCUT2D eigenvalue weighted by molar-refractivity contribution is -0.0498. The maximum Gasteiger partial charge on any atom is 0.387 e. The van der Waals surface area contributed by atoms with Crippen molar-refractivity contribution in [2.75, 3.05) is 0 Å². The minimum absolute atomic E-state index is 0.0266. The molecule has 0 aliphatic carbocycles. The van der Waals surface area contributed by atoms with Gasteiger partial charge in [-0.2, -0.15) is 8.78 Å². The molecular formula is C13H12BF2NO2S2. The molecule has 1 aromatic carbocycles. The number of hydrogen-bond donors (Lipinski definition) is 1. The van der Waals surface area contributed by atoms with Crippen LogP contribution in [0, 0.1) is 6.92 Å². The molecular weight excluding hydrogens is 315 g/mol. The third-order valence-electron chi connectivity index (χ3n) is 2.73. The molecule has 0 bridgehead atoms. The molecule has 0 atom stereocenters. The van der Waals surface area contributed by atoms with E-state index in [2.05, 4.69) is 9.46 Å². The molecule has 0 saturated carbocycles. The molecule has 0 spiro atoms. The number of hydrogen-bond acceptors (Lipinski definition) is 4. The van der Waals surface area contributed by atoms with Crippen molar-refractivity contribution in [1.29, 1.82) is 0 Å². The Hall–Kier alpha value is -1.54. The largest absolute Gasteiger partial charge is 0.435 e. The van der Waals surface area contributed by atoms with E-state index in [-0.39, 0.29) is 11.7 Å². The van der Waals surface area contributed by atoms with Gasteiger partial charge in [-0.05, 0) is 59.5 Å². The highest BCUT2D eigenvalue weighted by molar-refractivity contribution is 7.99. The van der Waals surface area contributed by atoms with Gasteiger partial charge in [0.25, 0.3) is 5.91 Å². The maximum atomic E-state index is 12.0. The van der Waals surface area contributed by atoms with Gasteiger partial charge in [-0.3, -0.25) is 9.52 Å². The van der Waals surface area contributed by atoms with Gasteiger partial charge in [0.15, 0.2) is 7.85 Å². The number of aryl methyl sites for hydroxylation is 1. The SMILES string of the molecule is Bc1sc(SNC(=O)c2ccc(OC(F)F)cc2)cc1C. The van der Waals surface area contributed by atoms with Gasteiger partial charge in [-0.25, -0.2) is 0 Å². The van der Waals surface area contributed by atoms with E-state index in [1.807, 2.05) is 20.8 Å². The number of thiophene rings is 1. The van der Waals surface area contributed by atoms with Gasteiger partial charge in [0, 0.05) is 5.56 Å². The molecule has 0 unspecified atom stereocenters. The lowest BCUT2D eigenvalue weighted by atomic mass is 10.0. The number of benzene rings is 1. The van der Waals surface area contributed by atoms with Gasteiger partial charge in [-0.1, -0.05) is 0 Å². The number of rotatable bonds is 5. The zero-order chi connectivity index (χ0) is 15.4. The van der Waals surface area contributed by atoms with E-state index in [1.54, 1.807) is 11.3 Å². The number of amides is 1. The first-order valence-corrected chi connectivity index (χ1v) is 7.68. The van der Waals surface area contributed by atoms with Crippen molar-refractivity contribution in [3.8, 4) is 5.75 Å². The molecule has 110 valence electrons. The summed E-state index contributed by atoms with van der Waals surface area (Å²) in [7, 11) is 2.02. The highest BCUT2D eigenvalue weighted by Gasteiger charge is 2.09. The number of nitrogens with one attached hydrogen (secondary N) is 1. The molecule has 0 aliphatic rings. The Balaban J connectivity index is 1.93. The van der Waals surface area contributed by atoms with Crippen LogP contribution in [0.5, 0.6) is 5.75 Å². The predicted octanol–water partition coefficient (Wildman–Crippen LogP) is 2.35. The number of carbonyl (C=O) groups excluding carboxylic acids is 1. The van der Waals surface area contributed by atoms with Gasteiger partial charge in [0.2, 0.25) is 0 Å². The van der Waals surface area contributed by atoms with E-state index in [0.29, 0.717) is 5.56 Å². The van der Waals surface area contributed by atoms with Crippen LogP contribution in [0.25, 0.3) is 0 Å². The summed E-state index contributed by atoms with van der Waals surface area (Å²) >= 11 is 2.85. The van der Waals surface area contributed by atoms with Crippen molar-refractivity contribution >= 4 is 41.8 Å². The molecule has 2 aromatic rings. The molecule has 1 heterocycles. The van der Waals surface area contributed by atoms with Crippen LogP contribution in [0.4, 0.5) is 8.78 Å². The van der Waals surface area contributed by atoms with E-state index in [0.717, 1.165) is 4.21 Å². The summed E-state index contributed by atoms with van der Waals surface area (Å²) in [5, 5.41) is 0. The van der Waals surface area contributed by atoms with Crippen molar-refractivity contribution in [2.45, 2.75) is 17.7 Å². The molecule has 0 aliphatic heterocycles. The van der Waals surface area contributed by atoms with Crippen LogP contribution in [0.1, 0.15) is 15.9 Å². The smallest absolute Gasteiger partial charge is 0.387 e. The molecule has 1 aromatic heterocycles. The molecule has 8 heteroatoms. The lowest BCUT2D eigenvalue weighted by Gasteiger charge is -2.06. The van der Waals surface area contributed by atoms with Crippen LogP contribution in [0.2, 0.25) is 0 Å². The van der Waals surface area contributed by atoms with Gasteiger partial charge >= 0.3 is 6.61 Å². The average molecular weight is 327 g/mol. The highest BCUT2D eigenvalue weighted by atomic mass is 32.2. The van der Waals surface area contributed by atoms with Crippen LogP contribution in [-0.2, 0) is 0 Å². The molecule has 2 rings (SSSR count). The summed E-state index contributed by atoms with van der Waals surface area (Å²) in [6.07, 6.45) is 0. The molecule has 1 N–H and O–H groups in total. The first-order chi connectivity index (χ1) is 9.95. The minimum Gasteiger partial charge on any atom is -0.435 e. The third-order valence-corrected chi connectivity index (χ3v) is 4.78. The van der Waals surface area contributed by atoms with Crippen molar-refractivity contribution in [1.82, 2.24) is 4.72 Å². The molecule has 0 saturated heterocycles. The molecule has 0 fully saturated rings. The van der Waals surface area contributed by atoms with Gasteiger partial charge in [0.05, 0.1) is 4.21 Å². The second-order valence-electron chi connectivity index (χ2n) is 4.24. The molecule has 1 amide bonds. The lowest BCUT2D eigenvalue weighted by Crippen LogP contribution is -2.15. The first kappa shape index (κ1) is 15.8. The second-order valence-corrected chi connectivity index (χ2v) is 6.60. The Morgan fingerprint density at radius 3 is 2.57 bits per heavy atom. The summed E-state index contributed by atoms with van der Waals surface area (Å²) in [6, 6.07) is 7.57. The van der Waals surface area contributed by atoms with Crippen molar-refractivity contribution < 1.29 is 18.3 Å². The Labute approximate surface area is 130 Å². The first-order valence-electron chi connectivity index (χ1n) is 6.05. The zero-order valence-corrected chi connectivity index (χ0v) is 13.0. The Morgan fingerprint density at radius 2 is 2.05 bits per heavy atom. The van der Waals surface area contributed by atoms with Crippen LogP contribution in [0.3, 0.4) is 0 Å². The minimum atomic E-state index is -2.87.